The van der Waals surface area contributed by atoms with Gasteiger partial charge in [-0.1, -0.05) is 25.4 Å². The summed E-state index contributed by atoms with van der Waals surface area (Å²) in [5.74, 6) is 0.673. The van der Waals surface area contributed by atoms with Crippen LogP contribution in [-0.4, -0.2) is 65.4 Å². The van der Waals surface area contributed by atoms with Crippen LogP contribution in [0, 0.1) is 5.92 Å². The first-order valence-corrected chi connectivity index (χ1v) is 11.8. The van der Waals surface area contributed by atoms with Crippen molar-refractivity contribution in [1.82, 2.24) is 14.4 Å². The number of piperazine rings is 1. The van der Waals surface area contributed by atoms with Gasteiger partial charge in [0.15, 0.2) is 0 Å². The zero-order valence-corrected chi connectivity index (χ0v) is 19.6. The van der Waals surface area contributed by atoms with E-state index in [0.29, 0.717) is 31.2 Å². The highest BCUT2D eigenvalue weighted by Crippen LogP contribution is 2.21. The number of hydrogen-bond donors (Lipinski definition) is 0. The summed E-state index contributed by atoms with van der Waals surface area (Å²) >= 11 is 5.98. The molecule has 3 heterocycles. The predicted octanol–water partition coefficient (Wildman–Crippen LogP) is 4.01. The molecule has 0 bridgehead atoms. The van der Waals surface area contributed by atoms with E-state index in [-0.39, 0.29) is 11.8 Å². The minimum absolute atomic E-state index is 0.0111. The van der Waals surface area contributed by atoms with Gasteiger partial charge in [0.25, 0.3) is 5.91 Å². The summed E-state index contributed by atoms with van der Waals surface area (Å²) in [6.07, 6.45) is 4.49. The Labute approximate surface area is 195 Å². The van der Waals surface area contributed by atoms with E-state index in [1.807, 2.05) is 56.8 Å². The summed E-state index contributed by atoms with van der Waals surface area (Å²) in [4.78, 5) is 31.6. The fourth-order valence-corrected chi connectivity index (χ4v) is 4.40. The molecule has 2 aliphatic heterocycles. The Kier molecular flexibility index (Phi) is 6.89. The number of carbonyl (C=O) groups excluding carboxylic acids is 2. The Morgan fingerprint density at radius 3 is 2.41 bits per heavy atom. The van der Waals surface area contributed by atoms with Crippen molar-refractivity contribution < 1.29 is 9.59 Å². The fourth-order valence-electron chi connectivity index (χ4n) is 4.28. The van der Waals surface area contributed by atoms with E-state index in [1.54, 1.807) is 6.08 Å². The van der Waals surface area contributed by atoms with Crippen molar-refractivity contribution in [3.8, 4) is 0 Å². The number of aromatic nitrogens is 1. The molecule has 0 radical (unpaired) electrons. The van der Waals surface area contributed by atoms with E-state index >= 15 is 0 Å². The Balaban J connectivity index is 1.34. The quantitative estimate of drug-likeness (QED) is 0.620. The summed E-state index contributed by atoms with van der Waals surface area (Å²) in [6, 6.07) is 11.6. The molecule has 6 nitrogen and oxygen atoms in total. The van der Waals surface area contributed by atoms with Crippen molar-refractivity contribution in [3.63, 3.8) is 0 Å². The maximum absolute atomic E-state index is 12.8. The smallest absolute Gasteiger partial charge is 0.270 e. The van der Waals surface area contributed by atoms with Crippen LogP contribution in [0.25, 0.3) is 6.08 Å². The average molecular weight is 455 g/mol. The highest BCUT2D eigenvalue weighted by molar-refractivity contribution is 6.30. The number of hydrogen-bond acceptors (Lipinski definition) is 3. The summed E-state index contributed by atoms with van der Waals surface area (Å²) in [7, 11) is 0. The van der Waals surface area contributed by atoms with Gasteiger partial charge in [-0.25, -0.2) is 0 Å². The fraction of sp³-hybridized carbons (Fsp3) is 0.440. The second-order valence-electron chi connectivity index (χ2n) is 8.89. The molecular formula is C25H31ClN4O2. The molecule has 32 heavy (non-hydrogen) atoms. The summed E-state index contributed by atoms with van der Waals surface area (Å²) in [5, 5.41) is 0.727. The lowest BCUT2D eigenvalue weighted by Gasteiger charge is -2.35. The number of fused-ring (bicyclic) bond motifs is 1. The second-order valence-corrected chi connectivity index (χ2v) is 9.33. The number of anilines is 1. The van der Waals surface area contributed by atoms with Gasteiger partial charge in [-0.05, 0) is 54.8 Å². The number of halogens is 1. The van der Waals surface area contributed by atoms with E-state index in [4.69, 9.17) is 11.6 Å². The number of carbonyl (C=O) groups is 2. The van der Waals surface area contributed by atoms with Crippen LogP contribution in [-0.2, 0) is 11.3 Å². The minimum atomic E-state index is 0.0111. The zero-order valence-electron chi connectivity index (χ0n) is 18.8. The maximum atomic E-state index is 12.8. The van der Waals surface area contributed by atoms with Gasteiger partial charge in [0.2, 0.25) is 5.91 Å². The SMILES string of the molecule is CC(C)CCN1CCn2c(/C=C/C(=O)N3CCN(c4ccc(Cl)cc4)CC3)ccc2C1=O. The molecular weight excluding hydrogens is 424 g/mol. The molecule has 1 saturated heterocycles. The van der Waals surface area contributed by atoms with Crippen molar-refractivity contribution in [2.45, 2.75) is 26.8 Å². The highest BCUT2D eigenvalue weighted by atomic mass is 35.5. The topological polar surface area (TPSA) is 48.8 Å². The first kappa shape index (κ1) is 22.5. The van der Waals surface area contributed by atoms with Crippen LogP contribution in [0.4, 0.5) is 5.69 Å². The molecule has 7 heteroatoms. The molecule has 0 atom stereocenters. The molecule has 0 unspecified atom stereocenters. The average Bonchev–Trinajstić information content (AvgIpc) is 3.21. The van der Waals surface area contributed by atoms with E-state index in [0.717, 1.165) is 49.0 Å². The van der Waals surface area contributed by atoms with Crippen molar-refractivity contribution in [1.29, 1.82) is 0 Å². The third kappa shape index (κ3) is 5.01. The lowest BCUT2D eigenvalue weighted by atomic mass is 10.1. The highest BCUT2D eigenvalue weighted by Gasteiger charge is 2.25. The van der Waals surface area contributed by atoms with Crippen molar-refractivity contribution >= 4 is 35.2 Å². The molecule has 2 aliphatic rings. The van der Waals surface area contributed by atoms with Gasteiger partial charge in [0, 0.05) is 68.3 Å². The molecule has 2 aromatic rings. The van der Waals surface area contributed by atoms with Gasteiger partial charge in [0.1, 0.15) is 5.69 Å². The second kappa shape index (κ2) is 9.82. The lowest BCUT2D eigenvalue weighted by molar-refractivity contribution is -0.126. The van der Waals surface area contributed by atoms with E-state index in [9.17, 15) is 9.59 Å². The lowest BCUT2D eigenvalue weighted by Crippen LogP contribution is -2.48. The molecule has 2 amide bonds. The molecule has 0 spiro atoms. The van der Waals surface area contributed by atoms with Gasteiger partial charge >= 0.3 is 0 Å². The number of benzene rings is 1. The third-order valence-electron chi connectivity index (χ3n) is 6.27. The Bertz CT molecular complexity index is 988. The zero-order chi connectivity index (χ0) is 22.7. The van der Waals surface area contributed by atoms with Crippen LogP contribution < -0.4 is 4.90 Å². The molecule has 1 aromatic carbocycles. The van der Waals surface area contributed by atoms with Gasteiger partial charge in [-0.3, -0.25) is 9.59 Å². The molecule has 0 N–H and O–H groups in total. The van der Waals surface area contributed by atoms with Gasteiger partial charge in [0.05, 0.1) is 0 Å². The predicted molar refractivity (Wildman–Crippen MR) is 129 cm³/mol. The molecule has 1 fully saturated rings. The molecule has 4 rings (SSSR count). The normalized spacial score (nSPS) is 16.9. The number of rotatable bonds is 6. The molecule has 170 valence electrons. The standard InChI is InChI=1S/C25H31ClN4O2/c1-19(2)11-12-29-17-18-30-22(7-9-23(30)25(29)32)8-10-24(31)28-15-13-27(14-16-28)21-5-3-20(26)4-6-21/h3-10,19H,11-18H2,1-2H3/b10-8+. The molecule has 1 aromatic heterocycles. The van der Waals surface area contributed by atoms with Crippen molar-refractivity contribution in [3.05, 3.63) is 58.9 Å². The van der Waals surface area contributed by atoms with Crippen LogP contribution in [0.5, 0.6) is 0 Å². The van der Waals surface area contributed by atoms with Gasteiger partial charge in [-0.2, -0.15) is 0 Å². The summed E-state index contributed by atoms with van der Waals surface area (Å²) in [5.41, 5.74) is 2.75. The van der Waals surface area contributed by atoms with E-state index in [2.05, 4.69) is 18.7 Å². The Hall–Kier alpha value is -2.73. The van der Waals surface area contributed by atoms with Crippen LogP contribution in [0.1, 0.15) is 36.5 Å². The third-order valence-corrected chi connectivity index (χ3v) is 6.52. The monoisotopic (exact) mass is 454 g/mol. The van der Waals surface area contributed by atoms with Crippen LogP contribution >= 0.6 is 11.6 Å². The summed E-state index contributed by atoms with van der Waals surface area (Å²) in [6.45, 7) is 9.58. The Morgan fingerprint density at radius 2 is 1.72 bits per heavy atom. The first-order chi connectivity index (χ1) is 15.4. The first-order valence-electron chi connectivity index (χ1n) is 11.4. The van der Waals surface area contributed by atoms with E-state index in [1.165, 1.54) is 0 Å². The minimum Gasteiger partial charge on any atom is -0.368 e. The van der Waals surface area contributed by atoms with Gasteiger partial charge in [-0.15, -0.1) is 0 Å². The molecule has 0 aliphatic carbocycles. The number of nitrogens with zero attached hydrogens (tertiary/aromatic N) is 4. The summed E-state index contributed by atoms with van der Waals surface area (Å²) < 4.78 is 2.02. The van der Waals surface area contributed by atoms with Crippen LogP contribution in [0.2, 0.25) is 5.02 Å². The van der Waals surface area contributed by atoms with Crippen LogP contribution in [0.15, 0.2) is 42.5 Å². The largest absolute Gasteiger partial charge is 0.368 e. The number of amides is 2. The van der Waals surface area contributed by atoms with Gasteiger partial charge < -0.3 is 19.3 Å². The van der Waals surface area contributed by atoms with Crippen molar-refractivity contribution in [2.24, 2.45) is 5.92 Å². The van der Waals surface area contributed by atoms with Crippen LogP contribution in [0.3, 0.4) is 0 Å². The maximum Gasteiger partial charge on any atom is 0.270 e. The van der Waals surface area contributed by atoms with E-state index < -0.39 is 0 Å². The molecule has 0 saturated carbocycles. The Morgan fingerprint density at radius 1 is 1.00 bits per heavy atom. The van der Waals surface area contributed by atoms with Crippen molar-refractivity contribution in [2.75, 3.05) is 44.2 Å².